The first-order valence-electron chi connectivity index (χ1n) is 6.45. The Labute approximate surface area is 117 Å². The van der Waals surface area contributed by atoms with Gasteiger partial charge in [0.1, 0.15) is 5.75 Å². The van der Waals surface area contributed by atoms with Crippen molar-refractivity contribution in [1.82, 2.24) is 4.98 Å². The first kappa shape index (κ1) is 12.5. The summed E-state index contributed by atoms with van der Waals surface area (Å²) in [6.07, 6.45) is 1.76. The number of aromatic nitrogens is 1. The van der Waals surface area contributed by atoms with E-state index in [1.165, 1.54) is 0 Å². The van der Waals surface area contributed by atoms with Crippen LogP contribution in [0.5, 0.6) is 5.75 Å². The van der Waals surface area contributed by atoms with Gasteiger partial charge in [0.15, 0.2) is 5.78 Å². The average Bonchev–Trinajstić information content (AvgIpc) is 2.89. The van der Waals surface area contributed by atoms with Crippen LogP contribution in [-0.4, -0.2) is 17.9 Å². The largest absolute Gasteiger partial charge is 0.497 e. The molecule has 0 saturated heterocycles. The van der Waals surface area contributed by atoms with E-state index in [9.17, 15) is 4.79 Å². The number of hydrogen-bond donors (Lipinski definition) is 1. The Bertz CT molecular complexity index is 787. The Morgan fingerprint density at radius 3 is 2.75 bits per heavy atom. The van der Waals surface area contributed by atoms with E-state index in [1.54, 1.807) is 13.3 Å². The molecule has 2 aromatic carbocycles. The molecule has 0 amide bonds. The standard InChI is InChI=1S/C17H15NO2/c1-11-4-3-5-12(8-11)17(19)15-10-18-16-7-6-13(20-2)9-14(15)16/h3-10,18H,1-2H3. The fraction of sp³-hybridized carbons (Fsp3) is 0.118. The Kier molecular flexibility index (Phi) is 3.03. The maximum Gasteiger partial charge on any atom is 0.195 e. The van der Waals surface area contributed by atoms with E-state index < -0.39 is 0 Å². The maximum atomic E-state index is 12.6. The van der Waals surface area contributed by atoms with Gasteiger partial charge in [0.25, 0.3) is 0 Å². The second-order valence-corrected chi connectivity index (χ2v) is 4.81. The van der Waals surface area contributed by atoms with Crippen molar-refractivity contribution in [3.63, 3.8) is 0 Å². The van der Waals surface area contributed by atoms with Gasteiger partial charge in [0.05, 0.1) is 7.11 Å². The molecule has 0 spiro atoms. The average molecular weight is 265 g/mol. The molecule has 0 aliphatic carbocycles. The van der Waals surface area contributed by atoms with Gasteiger partial charge in [-0.3, -0.25) is 4.79 Å². The lowest BCUT2D eigenvalue weighted by Gasteiger charge is -2.03. The van der Waals surface area contributed by atoms with Gasteiger partial charge in [-0.15, -0.1) is 0 Å². The number of methoxy groups -OCH3 is 1. The summed E-state index contributed by atoms with van der Waals surface area (Å²) in [6.45, 7) is 1.98. The summed E-state index contributed by atoms with van der Waals surface area (Å²) in [5, 5.41) is 0.885. The van der Waals surface area contributed by atoms with Crippen LogP contribution in [0.4, 0.5) is 0 Å². The van der Waals surface area contributed by atoms with Crippen molar-refractivity contribution in [2.24, 2.45) is 0 Å². The highest BCUT2D eigenvalue weighted by molar-refractivity contribution is 6.16. The molecule has 1 aromatic heterocycles. The molecule has 0 unspecified atom stereocenters. The van der Waals surface area contributed by atoms with Gasteiger partial charge in [-0.25, -0.2) is 0 Å². The number of carbonyl (C=O) groups is 1. The zero-order valence-corrected chi connectivity index (χ0v) is 11.4. The van der Waals surface area contributed by atoms with Gasteiger partial charge >= 0.3 is 0 Å². The lowest BCUT2D eigenvalue weighted by atomic mass is 10.0. The molecule has 3 heteroatoms. The maximum absolute atomic E-state index is 12.6. The molecule has 0 aliphatic rings. The van der Waals surface area contributed by atoms with Gasteiger partial charge in [-0.05, 0) is 31.2 Å². The Balaban J connectivity index is 2.12. The zero-order chi connectivity index (χ0) is 14.1. The molecule has 0 aliphatic heterocycles. The van der Waals surface area contributed by atoms with Crippen molar-refractivity contribution in [2.45, 2.75) is 6.92 Å². The SMILES string of the molecule is COc1ccc2[nH]cc(C(=O)c3cccc(C)c3)c2c1. The number of nitrogens with one attached hydrogen (secondary N) is 1. The van der Waals surface area contributed by atoms with E-state index in [1.807, 2.05) is 49.4 Å². The number of aromatic amines is 1. The van der Waals surface area contributed by atoms with Gasteiger partial charge < -0.3 is 9.72 Å². The Hall–Kier alpha value is -2.55. The smallest absolute Gasteiger partial charge is 0.195 e. The molecule has 3 nitrogen and oxygen atoms in total. The van der Waals surface area contributed by atoms with Crippen LogP contribution < -0.4 is 4.74 Å². The van der Waals surface area contributed by atoms with E-state index in [2.05, 4.69) is 4.98 Å². The molecule has 0 radical (unpaired) electrons. The Morgan fingerprint density at radius 1 is 1.15 bits per heavy atom. The molecule has 0 atom stereocenters. The summed E-state index contributed by atoms with van der Waals surface area (Å²) < 4.78 is 5.23. The number of ether oxygens (including phenoxy) is 1. The predicted molar refractivity (Wildman–Crippen MR) is 79.5 cm³/mol. The van der Waals surface area contributed by atoms with E-state index in [-0.39, 0.29) is 5.78 Å². The lowest BCUT2D eigenvalue weighted by molar-refractivity contribution is 0.104. The quantitative estimate of drug-likeness (QED) is 0.733. The van der Waals surface area contributed by atoms with E-state index >= 15 is 0 Å². The minimum atomic E-state index is 0.0215. The van der Waals surface area contributed by atoms with Crippen LogP contribution in [0.2, 0.25) is 0 Å². The molecule has 0 saturated carbocycles. The zero-order valence-electron chi connectivity index (χ0n) is 11.4. The fourth-order valence-electron chi connectivity index (χ4n) is 2.36. The fourth-order valence-corrected chi connectivity index (χ4v) is 2.36. The van der Waals surface area contributed by atoms with Crippen LogP contribution in [0, 0.1) is 6.92 Å². The lowest BCUT2D eigenvalue weighted by Crippen LogP contribution is -2.00. The molecular formula is C17H15NO2. The summed E-state index contributed by atoms with van der Waals surface area (Å²) in [6, 6.07) is 13.3. The van der Waals surface area contributed by atoms with Crippen molar-refractivity contribution >= 4 is 16.7 Å². The van der Waals surface area contributed by atoms with Crippen LogP contribution in [0.15, 0.2) is 48.7 Å². The van der Waals surface area contributed by atoms with Crippen LogP contribution in [0.25, 0.3) is 10.9 Å². The second kappa shape index (κ2) is 4.85. The third-order valence-corrected chi connectivity index (χ3v) is 3.41. The van der Waals surface area contributed by atoms with Gasteiger partial charge in [0.2, 0.25) is 0 Å². The minimum Gasteiger partial charge on any atom is -0.497 e. The first-order valence-corrected chi connectivity index (χ1v) is 6.45. The third-order valence-electron chi connectivity index (χ3n) is 3.41. The van der Waals surface area contributed by atoms with E-state index in [0.717, 1.165) is 22.2 Å². The van der Waals surface area contributed by atoms with E-state index in [0.29, 0.717) is 11.1 Å². The summed E-state index contributed by atoms with van der Waals surface area (Å²) in [4.78, 5) is 15.7. The molecule has 3 aromatic rings. The van der Waals surface area contributed by atoms with Crippen LogP contribution in [-0.2, 0) is 0 Å². The number of hydrogen-bond acceptors (Lipinski definition) is 2. The number of rotatable bonds is 3. The minimum absolute atomic E-state index is 0.0215. The van der Waals surface area contributed by atoms with Crippen molar-refractivity contribution in [2.75, 3.05) is 7.11 Å². The number of benzene rings is 2. The number of ketones is 1. The monoisotopic (exact) mass is 265 g/mol. The number of H-pyrrole nitrogens is 1. The number of carbonyl (C=O) groups excluding carboxylic acids is 1. The molecule has 1 heterocycles. The van der Waals surface area contributed by atoms with Gasteiger partial charge in [0, 0.05) is 28.2 Å². The summed E-state index contributed by atoms with van der Waals surface area (Å²) in [7, 11) is 1.62. The number of aryl methyl sites for hydroxylation is 1. The Morgan fingerprint density at radius 2 is 2.00 bits per heavy atom. The molecule has 0 bridgehead atoms. The van der Waals surface area contributed by atoms with Crippen LogP contribution >= 0.6 is 0 Å². The normalized spacial score (nSPS) is 10.7. The molecular weight excluding hydrogens is 250 g/mol. The van der Waals surface area contributed by atoms with E-state index in [4.69, 9.17) is 4.74 Å². The van der Waals surface area contributed by atoms with Gasteiger partial charge in [-0.2, -0.15) is 0 Å². The van der Waals surface area contributed by atoms with Crippen molar-refractivity contribution in [1.29, 1.82) is 0 Å². The molecule has 1 N–H and O–H groups in total. The highest BCUT2D eigenvalue weighted by Crippen LogP contribution is 2.25. The summed E-state index contributed by atoms with van der Waals surface area (Å²) in [5.41, 5.74) is 3.38. The molecule has 100 valence electrons. The van der Waals surface area contributed by atoms with Crippen molar-refractivity contribution in [3.05, 3.63) is 65.4 Å². The topological polar surface area (TPSA) is 42.1 Å². The summed E-state index contributed by atoms with van der Waals surface area (Å²) in [5.74, 6) is 0.767. The summed E-state index contributed by atoms with van der Waals surface area (Å²) >= 11 is 0. The molecule has 0 fully saturated rings. The van der Waals surface area contributed by atoms with Crippen molar-refractivity contribution in [3.8, 4) is 5.75 Å². The second-order valence-electron chi connectivity index (χ2n) is 4.81. The van der Waals surface area contributed by atoms with Crippen LogP contribution in [0.1, 0.15) is 21.5 Å². The third kappa shape index (κ3) is 2.07. The highest BCUT2D eigenvalue weighted by atomic mass is 16.5. The van der Waals surface area contributed by atoms with Crippen LogP contribution in [0.3, 0.4) is 0 Å². The molecule has 20 heavy (non-hydrogen) atoms. The highest BCUT2D eigenvalue weighted by Gasteiger charge is 2.14. The van der Waals surface area contributed by atoms with Crippen molar-refractivity contribution < 1.29 is 9.53 Å². The van der Waals surface area contributed by atoms with Gasteiger partial charge in [-0.1, -0.05) is 23.8 Å². The first-order chi connectivity index (χ1) is 9.69. The number of fused-ring (bicyclic) bond motifs is 1. The predicted octanol–water partition coefficient (Wildman–Crippen LogP) is 3.72. The molecule has 3 rings (SSSR count).